The van der Waals surface area contributed by atoms with Crippen LogP contribution in [-0.2, 0) is 16.1 Å². The largest absolute Gasteiger partial charge is 0.496 e. The molecule has 1 aromatic carbocycles. The van der Waals surface area contributed by atoms with Gasteiger partial charge >= 0.3 is 5.69 Å². The van der Waals surface area contributed by atoms with Crippen molar-refractivity contribution in [1.82, 2.24) is 24.2 Å². The summed E-state index contributed by atoms with van der Waals surface area (Å²) in [6.07, 6.45) is 3.57. The SMILES string of the molecule is CCC(C)NC(=O)[C@@H](C)n1c(=O)c2c(C)c(-n3cccn3)sc2n(C[C@H](OCCC#N)c2ccccc2OC)c1=O. The van der Waals surface area contributed by atoms with Crippen LogP contribution < -0.4 is 21.3 Å². The van der Waals surface area contributed by atoms with E-state index in [2.05, 4.69) is 16.5 Å². The summed E-state index contributed by atoms with van der Waals surface area (Å²) in [5, 5.41) is 17.3. The monoisotopic (exact) mass is 578 g/mol. The van der Waals surface area contributed by atoms with E-state index >= 15 is 0 Å². The predicted octanol–water partition coefficient (Wildman–Crippen LogP) is 3.87. The van der Waals surface area contributed by atoms with E-state index in [1.165, 1.54) is 15.9 Å². The Kier molecular flexibility index (Phi) is 9.42. The van der Waals surface area contributed by atoms with Crippen molar-refractivity contribution < 1.29 is 14.3 Å². The van der Waals surface area contributed by atoms with Crippen LogP contribution in [0.2, 0.25) is 0 Å². The molecule has 0 aliphatic rings. The number of aryl methyl sites for hydroxylation is 1. The number of methoxy groups -OCH3 is 1. The highest BCUT2D eigenvalue weighted by atomic mass is 32.1. The Morgan fingerprint density at radius 2 is 1.98 bits per heavy atom. The maximum Gasteiger partial charge on any atom is 0.332 e. The number of carbonyl (C=O) groups is 1. The Balaban J connectivity index is 1.96. The number of thiophene rings is 1. The van der Waals surface area contributed by atoms with Crippen LogP contribution in [0.15, 0.2) is 52.3 Å². The number of carbonyl (C=O) groups excluding carboxylic acids is 1. The van der Waals surface area contributed by atoms with Crippen molar-refractivity contribution in [3.8, 4) is 16.8 Å². The Morgan fingerprint density at radius 3 is 2.63 bits per heavy atom. The quantitative estimate of drug-likeness (QED) is 0.252. The topological polar surface area (TPSA) is 133 Å². The summed E-state index contributed by atoms with van der Waals surface area (Å²) in [7, 11) is 1.55. The van der Waals surface area contributed by atoms with Gasteiger partial charge in [-0.15, -0.1) is 0 Å². The molecule has 1 amide bonds. The molecular formula is C29H34N6O5S. The van der Waals surface area contributed by atoms with Gasteiger partial charge in [0, 0.05) is 29.6 Å². The average molecular weight is 579 g/mol. The highest BCUT2D eigenvalue weighted by Gasteiger charge is 2.28. The van der Waals surface area contributed by atoms with E-state index in [9.17, 15) is 14.4 Å². The van der Waals surface area contributed by atoms with E-state index in [4.69, 9.17) is 14.7 Å². The fraction of sp³-hybridized carbons (Fsp3) is 0.414. The summed E-state index contributed by atoms with van der Waals surface area (Å²) >= 11 is 1.27. The van der Waals surface area contributed by atoms with Crippen LogP contribution in [0, 0.1) is 18.3 Å². The molecule has 0 bridgehead atoms. The predicted molar refractivity (Wildman–Crippen MR) is 157 cm³/mol. The van der Waals surface area contributed by atoms with Crippen molar-refractivity contribution in [3.05, 3.63) is 74.7 Å². The van der Waals surface area contributed by atoms with Crippen LogP contribution in [0.5, 0.6) is 5.75 Å². The molecule has 0 aliphatic heterocycles. The van der Waals surface area contributed by atoms with E-state index in [0.717, 1.165) is 4.57 Å². The summed E-state index contributed by atoms with van der Waals surface area (Å²) in [6, 6.07) is 9.97. The van der Waals surface area contributed by atoms with Gasteiger partial charge in [0.15, 0.2) is 0 Å². The highest BCUT2D eigenvalue weighted by molar-refractivity contribution is 7.21. The van der Waals surface area contributed by atoms with E-state index in [1.807, 2.05) is 32.0 Å². The number of benzene rings is 1. The number of hydrogen-bond acceptors (Lipinski definition) is 8. The second kappa shape index (κ2) is 13.0. The number of fused-ring (bicyclic) bond motifs is 1. The lowest BCUT2D eigenvalue weighted by Crippen LogP contribution is -2.47. The lowest BCUT2D eigenvalue weighted by atomic mass is 10.1. The number of nitrogens with one attached hydrogen (secondary N) is 1. The molecule has 4 rings (SSSR count). The number of amides is 1. The van der Waals surface area contributed by atoms with Gasteiger partial charge in [0.1, 0.15) is 27.7 Å². The number of nitriles is 1. The number of rotatable bonds is 12. The lowest BCUT2D eigenvalue weighted by Gasteiger charge is -2.23. The van der Waals surface area contributed by atoms with Gasteiger partial charge in [0.05, 0.1) is 38.1 Å². The van der Waals surface area contributed by atoms with E-state index in [0.29, 0.717) is 38.5 Å². The minimum atomic E-state index is -1.06. The zero-order valence-corrected chi connectivity index (χ0v) is 24.6. The molecule has 0 aliphatic carbocycles. The first kappa shape index (κ1) is 29.8. The third kappa shape index (κ3) is 5.96. The lowest BCUT2D eigenvalue weighted by molar-refractivity contribution is -0.124. The van der Waals surface area contributed by atoms with Gasteiger partial charge in [-0.25, -0.2) is 14.0 Å². The second-order valence-corrected chi connectivity index (χ2v) is 10.7. The van der Waals surface area contributed by atoms with Crippen LogP contribution in [0.3, 0.4) is 0 Å². The van der Waals surface area contributed by atoms with Crippen molar-refractivity contribution >= 4 is 27.5 Å². The third-order valence-corrected chi connectivity index (χ3v) is 8.37. The van der Waals surface area contributed by atoms with Gasteiger partial charge in [-0.1, -0.05) is 36.5 Å². The maximum absolute atomic E-state index is 14.2. The second-order valence-electron chi connectivity index (χ2n) is 9.73. The van der Waals surface area contributed by atoms with Gasteiger partial charge in [0.25, 0.3) is 5.56 Å². The Bertz CT molecular complexity index is 1680. The van der Waals surface area contributed by atoms with Crippen molar-refractivity contribution in [2.24, 2.45) is 0 Å². The van der Waals surface area contributed by atoms with Gasteiger partial charge in [-0.05, 0) is 39.3 Å². The molecule has 3 aromatic heterocycles. The number of para-hydroxylation sites is 1. The number of ether oxygens (including phenoxy) is 2. The summed E-state index contributed by atoms with van der Waals surface area (Å²) in [6.45, 7) is 7.31. The van der Waals surface area contributed by atoms with Crippen molar-refractivity contribution in [1.29, 1.82) is 5.26 Å². The molecular weight excluding hydrogens is 544 g/mol. The molecule has 1 N–H and O–H groups in total. The molecule has 1 unspecified atom stereocenters. The third-order valence-electron chi connectivity index (χ3n) is 7.07. The molecule has 216 valence electrons. The first-order valence-corrected chi connectivity index (χ1v) is 14.2. The Labute approximate surface area is 241 Å². The molecule has 0 saturated heterocycles. The molecule has 0 fully saturated rings. The summed E-state index contributed by atoms with van der Waals surface area (Å²) in [5.41, 5.74) is 0.162. The van der Waals surface area contributed by atoms with Crippen LogP contribution in [0.4, 0.5) is 0 Å². The first-order chi connectivity index (χ1) is 19.7. The highest BCUT2D eigenvalue weighted by Crippen LogP contribution is 2.34. The minimum absolute atomic E-state index is 0.0135. The summed E-state index contributed by atoms with van der Waals surface area (Å²) in [4.78, 5) is 41.7. The molecule has 41 heavy (non-hydrogen) atoms. The van der Waals surface area contributed by atoms with Gasteiger partial charge < -0.3 is 14.8 Å². The number of nitrogens with zero attached hydrogens (tertiary/aromatic N) is 5. The Morgan fingerprint density at radius 1 is 1.22 bits per heavy atom. The standard InChI is InChI=1S/C29H34N6O5S/c1-6-18(2)32-25(36)20(4)35-26(37)24-19(3)27(34-15-10-14-31-34)41-28(24)33(29(35)38)17-23(40-16-9-13-30)21-11-7-8-12-22(21)39-5/h7-8,10-12,14-15,18,20,23H,6,9,16-17H2,1-5H3,(H,32,36)/t18?,20-,23+/m1/s1. The Hall–Kier alpha value is -4.21. The molecule has 12 heteroatoms. The molecule has 0 radical (unpaired) electrons. The van der Waals surface area contributed by atoms with Crippen LogP contribution in [0.25, 0.3) is 15.2 Å². The van der Waals surface area contributed by atoms with Gasteiger partial charge in [0.2, 0.25) is 5.91 Å². The van der Waals surface area contributed by atoms with Gasteiger partial charge in [-0.2, -0.15) is 10.4 Å². The molecule has 0 spiro atoms. The fourth-order valence-corrected chi connectivity index (χ4v) is 5.88. The van der Waals surface area contributed by atoms with Crippen LogP contribution in [-0.4, -0.2) is 44.6 Å². The first-order valence-electron chi connectivity index (χ1n) is 13.4. The summed E-state index contributed by atoms with van der Waals surface area (Å²) < 4.78 is 15.9. The molecule has 11 nitrogen and oxygen atoms in total. The number of aromatic nitrogens is 4. The zero-order chi connectivity index (χ0) is 29.7. The van der Waals surface area contributed by atoms with Gasteiger partial charge in [-0.3, -0.25) is 14.2 Å². The van der Waals surface area contributed by atoms with E-state index in [1.54, 1.807) is 50.2 Å². The van der Waals surface area contributed by atoms with Crippen LogP contribution in [0.1, 0.15) is 56.9 Å². The van der Waals surface area contributed by atoms with E-state index < -0.39 is 29.3 Å². The molecule has 3 heterocycles. The van der Waals surface area contributed by atoms with Crippen molar-refractivity contribution in [2.75, 3.05) is 13.7 Å². The van der Waals surface area contributed by atoms with E-state index in [-0.39, 0.29) is 25.6 Å². The smallest absolute Gasteiger partial charge is 0.332 e. The van der Waals surface area contributed by atoms with Crippen LogP contribution >= 0.6 is 11.3 Å². The fourth-order valence-electron chi connectivity index (χ4n) is 4.63. The average Bonchev–Trinajstić information content (AvgIpc) is 3.62. The number of hydrogen-bond donors (Lipinski definition) is 1. The molecule has 0 saturated carbocycles. The van der Waals surface area contributed by atoms with Crippen molar-refractivity contribution in [2.45, 2.75) is 65.3 Å². The minimum Gasteiger partial charge on any atom is -0.496 e. The van der Waals surface area contributed by atoms with Crippen molar-refractivity contribution in [3.63, 3.8) is 0 Å². The molecule has 3 atom stereocenters. The summed E-state index contributed by atoms with van der Waals surface area (Å²) in [5.74, 6) is 0.143. The maximum atomic E-state index is 14.2. The normalized spacial score (nSPS) is 13.5. The zero-order valence-electron chi connectivity index (χ0n) is 23.8. The molecule has 4 aromatic rings.